The molecule has 0 heterocycles. The molecular weight excluding hydrogens is 310 g/mol. The molecule has 0 aliphatic carbocycles. The van der Waals surface area contributed by atoms with E-state index >= 15 is 0 Å². The Labute approximate surface area is 116 Å². The summed E-state index contributed by atoms with van der Waals surface area (Å²) in [6.45, 7) is 0. The van der Waals surface area contributed by atoms with Crippen molar-refractivity contribution in [1.82, 2.24) is 5.32 Å². The van der Waals surface area contributed by atoms with E-state index in [0.29, 0.717) is 0 Å². The molecule has 2 atom stereocenters. The number of aliphatic carboxylic acids is 4. The standard InChI is InChI=1S/C8H11NO9.Fe/c10-4(11)1-3(6(14)15)9-8(18,7(16)17)2-5(12)13;/h3,9,18H,1-2H2,(H,10,11)(H,12,13)(H,14,15)(H,16,17);. The molecule has 0 aromatic heterocycles. The van der Waals surface area contributed by atoms with Gasteiger partial charge in [-0.25, -0.2) is 4.79 Å². The van der Waals surface area contributed by atoms with Gasteiger partial charge in [-0.1, -0.05) is 0 Å². The summed E-state index contributed by atoms with van der Waals surface area (Å²) in [6.07, 6.45) is -2.35. The summed E-state index contributed by atoms with van der Waals surface area (Å²) in [6, 6.07) is -1.94. The number of carboxylic acids is 4. The molecule has 0 saturated carbocycles. The van der Waals surface area contributed by atoms with E-state index in [1.54, 1.807) is 5.32 Å². The molecule has 6 N–H and O–H groups in total. The Hall–Kier alpha value is -1.68. The zero-order valence-electron chi connectivity index (χ0n) is 9.21. The predicted molar refractivity (Wildman–Crippen MR) is 51.7 cm³/mol. The molecule has 0 aliphatic rings. The first-order valence-electron chi connectivity index (χ1n) is 4.48. The average molecular weight is 321 g/mol. The second-order valence-corrected chi connectivity index (χ2v) is 3.37. The van der Waals surface area contributed by atoms with Crippen LogP contribution in [0.15, 0.2) is 0 Å². The minimum Gasteiger partial charge on any atom is -0.481 e. The molecule has 0 aromatic rings. The van der Waals surface area contributed by atoms with Gasteiger partial charge in [-0.3, -0.25) is 19.7 Å². The van der Waals surface area contributed by atoms with E-state index in [4.69, 9.17) is 20.4 Å². The van der Waals surface area contributed by atoms with Gasteiger partial charge in [0.15, 0.2) is 0 Å². The van der Waals surface area contributed by atoms with Crippen molar-refractivity contribution in [3.8, 4) is 0 Å². The van der Waals surface area contributed by atoms with Crippen LogP contribution < -0.4 is 5.32 Å². The number of hydrogen-bond donors (Lipinski definition) is 6. The summed E-state index contributed by atoms with van der Waals surface area (Å²) in [5, 5.41) is 45.1. The van der Waals surface area contributed by atoms with E-state index < -0.39 is 48.5 Å². The maximum Gasteiger partial charge on any atom is 0.351 e. The molecule has 0 rings (SSSR count). The Morgan fingerprint density at radius 2 is 1.47 bits per heavy atom. The molecule has 10 nitrogen and oxygen atoms in total. The van der Waals surface area contributed by atoms with Gasteiger partial charge in [0.1, 0.15) is 6.04 Å². The van der Waals surface area contributed by atoms with Gasteiger partial charge < -0.3 is 25.5 Å². The maximum atomic E-state index is 10.7. The second-order valence-electron chi connectivity index (χ2n) is 3.37. The van der Waals surface area contributed by atoms with Gasteiger partial charge in [-0.15, -0.1) is 0 Å². The largest absolute Gasteiger partial charge is 0.481 e. The zero-order valence-corrected chi connectivity index (χ0v) is 10.3. The van der Waals surface area contributed by atoms with Crippen LogP contribution in [0.25, 0.3) is 0 Å². The molecule has 0 spiro atoms. The molecule has 0 radical (unpaired) electrons. The Balaban J connectivity index is 0. The van der Waals surface area contributed by atoms with Crippen molar-refractivity contribution < 1.29 is 61.8 Å². The van der Waals surface area contributed by atoms with E-state index in [9.17, 15) is 24.3 Å². The first-order valence-corrected chi connectivity index (χ1v) is 4.48. The fourth-order valence-corrected chi connectivity index (χ4v) is 1.07. The number of carboxylic acid groups (broad SMARTS) is 4. The number of hydrogen-bond acceptors (Lipinski definition) is 6. The van der Waals surface area contributed by atoms with Crippen molar-refractivity contribution in [2.75, 3.05) is 0 Å². The Morgan fingerprint density at radius 3 is 1.74 bits per heavy atom. The van der Waals surface area contributed by atoms with Crippen LogP contribution in [0.2, 0.25) is 0 Å². The number of nitrogens with one attached hydrogen (secondary N) is 1. The van der Waals surface area contributed by atoms with E-state index in [-0.39, 0.29) is 17.1 Å². The molecule has 2 unspecified atom stereocenters. The van der Waals surface area contributed by atoms with Gasteiger partial charge in [-0.05, 0) is 0 Å². The van der Waals surface area contributed by atoms with Crippen LogP contribution in [-0.2, 0) is 36.2 Å². The van der Waals surface area contributed by atoms with Crippen molar-refractivity contribution in [3.63, 3.8) is 0 Å². The van der Waals surface area contributed by atoms with Gasteiger partial charge in [0, 0.05) is 17.1 Å². The maximum absolute atomic E-state index is 10.7. The molecule has 110 valence electrons. The topological polar surface area (TPSA) is 181 Å². The smallest absolute Gasteiger partial charge is 0.351 e. The van der Waals surface area contributed by atoms with Crippen molar-refractivity contribution in [3.05, 3.63) is 0 Å². The minimum atomic E-state index is -3.07. The third kappa shape index (κ3) is 6.72. The zero-order chi connectivity index (χ0) is 14.5. The average Bonchev–Trinajstić information content (AvgIpc) is 2.13. The number of aliphatic hydroxyl groups is 1. The molecule has 0 bridgehead atoms. The molecule has 0 amide bonds. The third-order valence-electron chi connectivity index (χ3n) is 1.85. The van der Waals surface area contributed by atoms with Crippen LogP contribution in [-0.4, -0.2) is 61.2 Å². The number of rotatable bonds is 8. The van der Waals surface area contributed by atoms with Crippen LogP contribution >= 0.6 is 0 Å². The molecule has 0 aliphatic heterocycles. The summed E-state index contributed by atoms with van der Waals surface area (Å²) >= 11 is 0. The quantitative estimate of drug-likeness (QED) is 0.211. The monoisotopic (exact) mass is 321 g/mol. The molecule has 19 heavy (non-hydrogen) atoms. The third-order valence-corrected chi connectivity index (χ3v) is 1.85. The Morgan fingerprint density at radius 1 is 1.00 bits per heavy atom. The van der Waals surface area contributed by atoms with Gasteiger partial charge in [0.2, 0.25) is 5.72 Å². The molecular formula is C8H11FeNO9. The van der Waals surface area contributed by atoms with Crippen LogP contribution in [0, 0.1) is 0 Å². The van der Waals surface area contributed by atoms with Crippen LogP contribution in [0.5, 0.6) is 0 Å². The van der Waals surface area contributed by atoms with Gasteiger partial charge in [0.05, 0.1) is 12.8 Å². The first kappa shape index (κ1) is 19.7. The van der Waals surface area contributed by atoms with E-state index in [0.717, 1.165) is 0 Å². The summed E-state index contributed by atoms with van der Waals surface area (Å²) in [4.78, 5) is 42.0. The minimum absolute atomic E-state index is 0. The number of carbonyl (C=O) groups is 4. The summed E-state index contributed by atoms with van der Waals surface area (Å²) in [5.41, 5.74) is -3.07. The van der Waals surface area contributed by atoms with E-state index in [1.807, 2.05) is 0 Å². The second kappa shape index (κ2) is 7.69. The van der Waals surface area contributed by atoms with Gasteiger partial charge in [-0.2, -0.15) is 0 Å². The van der Waals surface area contributed by atoms with Crippen molar-refractivity contribution in [2.45, 2.75) is 24.6 Å². The summed E-state index contributed by atoms with van der Waals surface area (Å²) < 4.78 is 0. The van der Waals surface area contributed by atoms with E-state index in [2.05, 4.69) is 0 Å². The van der Waals surface area contributed by atoms with Crippen molar-refractivity contribution in [1.29, 1.82) is 0 Å². The van der Waals surface area contributed by atoms with Crippen molar-refractivity contribution in [2.24, 2.45) is 0 Å². The predicted octanol–water partition coefficient (Wildman–Crippen LogP) is -2.25. The van der Waals surface area contributed by atoms with Gasteiger partial charge in [0.25, 0.3) is 0 Å². The summed E-state index contributed by atoms with van der Waals surface area (Å²) in [5.74, 6) is -7.02. The first-order chi connectivity index (χ1) is 8.08. The van der Waals surface area contributed by atoms with Crippen LogP contribution in [0.4, 0.5) is 0 Å². The SMILES string of the molecule is O=C(O)CC(NC(O)(CC(=O)O)C(=O)O)C(=O)O.[Fe]. The molecule has 0 saturated heterocycles. The van der Waals surface area contributed by atoms with Gasteiger partial charge >= 0.3 is 23.9 Å². The summed E-state index contributed by atoms with van der Waals surface area (Å²) in [7, 11) is 0. The Kier molecular flexibility index (Phi) is 7.95. The Bertz CT molecular complexity index is 384. The molecule has 11 heteroatoms. The fourth-order valence-electron chi connectivity index (χ4n) is 1.07. The molecule has 0 aromatic carbocycles. The van der Waals surface area contributed by atoms with E-state index in [1.165, 1.54) is 0 Å². The normalized spacial score (nSPS) is 14.6. The van der Waals surface area contributed by atoms with Crippen molar-refractivity contribution >= 4 is 23.9 Å². The van der Waals surface area contributed by atoms with Crippen LogP contribution in [0.3, 0.4) is 0 Å². The van der Waals surface area contributed by atoms with Crippen LogP contribution in [0.1, 0.15) is 12.8 Å². The molecule has 0 fully saturated rings. The fraction of sp³-hybridized carbons (Fsp3) is 0.500.